The Morgan fingerprint density at radius 2 is 0.300 bits per heavy atom. The molecule has 0 aromatic heterocycles. The van der Waals surface area contributed by atoms with Crippen LogP contribution in [0.15, 0.2) is 0 Å². The fourth-order valence-electron chi connectivity index (χ4n) is 0. The van der Waals surface area contributed by atoms with E-state index in [4.69, 9.17) is 0 Å². The maximum Gasteiger partial charge on any atom is -0.0411 e. The maximum absolute atomic E-state index is 2.19. The summed E-state index contributed by atoms with van der Waals surface area (Å²) in [6.07, 6.45) is 0. The molecule has 0 saturated heterocycles. The SMILES string of the molecule is C.C.C.C.C.C.CC.CC.CC(C)(C)C.CC(C)(C)C. The third kappa shape index (κ3) is 0. The third-order valence-corrected chi connectivity index (χ3v) is 0. The first kappa shape index (κ1) is 72.2. The summed E-state index contributed by atoms with van der Waals surface area (Å²) in [5.74, 6) is 0. The highest BCUT2D eigenvalue weighted by Gasteiger charge is 1.96. The Labute approximate surface area is 139 Å². The van der Waals surface area contributed by atoms with Crippen molar-refractivity contribution in [2.75, 3.05) is 0 Å². The molecule has 0 radical (unpaired) electrons. The molecule has 0 heterocycles. The fourth-order valence-corrected chi connectivity index (χ4v) is 0. The topological polar surface area (TPSA) is 0 Å². The molecule has 0 N–H and O–H groups in total. The van der Waals surface area contributed by atoms with Crippen LogP contribution in [-0.2, 0) is 0 Å². The van der Waals surface area contributed by atoms with Gasteiger partial charge in [0.25, 0.3) is 0 Å². The Balaban J connectivity index is -0.00000000806. The average molecular weight is 301 g/mol. The maximum atomic E-state index is 2.19. The van der Waals surface area contributed by atoms with E-state index >= 15 is 0 Å². The fraction of sp³-hybridized carbons (Fsp3) is 1.00. The van der Waals surface area contributed by atoms with Gasteiger partial charge in [0.05, 0.1) is 0 Å². The van der Waals surface area contributed by atoms with Crippen molar-refractivity contribution in [1.82, 2.24) is 0 Å². The van der Waals surface area contributed by atoms with Gasteiger partial charge in [-0.2, -0.15) is 0 Å². The van der Waals surface area contributed by atoms with Crippen molar-refractivity contribution in [2.45, 2.75) is 128 Å². The molecule has 0 atom stereocenters. The molecule has 0 unspecified atom stereocenters. The van der Waals surface area contributed by atoms with E-state index in [9.17, 15) is 0 Å². The van der Waals surface area contributed by atoms with Gasteiger partial charge in [-0.25, -0.2) is 0 Å². The van der Waals surface area contributed by atoms with Gasteiger partial charge in [0.15, 0.2) is 0 Å². The van der Waals surface area contributed by atoms with Gasteiger partial charge in [-0.05, 0) is 10.8 Å². The molecule has 0 amide bonds. The Hall–Kier alpha value is 0. The third-order valence-electron chi connectivity index (χ3n) is 0. The van der Waals surface area contributed by atoms with Gasteiger partial charge in [0.2, 0.25) is 0 Å². The lowest BCUT2D eigenvalue weighted by Crippen LogP contribution is -1.93. The molecule has 20 heavy (non-hydrogen) atoms. The van der Waals surface area contributed by atoms with Crippen molar-refractivity contribution in [3.63, 3.8) is 0 Å². The van der Waals surface area contributed by atoms with E-state index in [0.29, 0.717) is 10.8 Å². The lowest BCUT2D eigenvalue weighted by molar-refractivity contribution is 0.469. The summed E-state index contributed by atoms with van der Waals surface area (Å²) >= 11 is 0. The minimum absolute atomic E-state index is 0. The Bertz CT molecular complexity index is 43.0. The zero-order chi connectivity index (χ0) is 13.0. The summed E-state index contributed by atoms with van der Waals surface area (Å²) in [5.41, 5.74) is 1.00. The van der Waals surface area contributed by atoms with Crippen LogP contribution in [0.5, 0.6) is 0 Å². The van der Waals surface area contributed by atoms with Crippen molar-refractivity contribution in [1.29, 1.82) is 0 Å². The largest absolute Gasteiger partial charge is 0.0776 e. The van der Waals surface area contributed by atoms with Crippen LogP contribution in [0.25, 0.3) is 0 Å². The zero-order valence-corrected chi connectivity index (χ0v) is 13.0. The van der Waals surface area contributed by atoms with E-state index < -0.39 is 0 Å². The smallest absolute Gasteiger partial charge is 0.0411 e. The van der Waals surface area contributed by atoms with E-state index in [-0.39, 0.29) is 44.6 Å². The Morgan fingerprint density at radius 1 is 0.300 bits per heavy atom. The molecule has 0 aliphatic heterocycles. The van der Waals surface area contributed by atoms with Gasteiger partial charge in [0.1, 0.15) is 0 Å². The molecule has 0 aromatic carbocycles. The van der Waals surface area contributed by atoms with Gasteiger partial charge in [0, 0.05) is 0 Å². The molecule has 0 heteroatoms. The van der Waals surface area contributed by atoms with Gasteiger partial charge in [-0.3, -0.25) is 0 Å². The summed E-state index contributed by atoms with van der Waals surface area (Å²) in [4.78, 5) is 0. The highest BCUT2D eigenvalue weighted by Crippen LogP contribution is 2.08. The monoisotopic (exact) mass is 300 g/mol. The van der Waals surface area contributed by atoms with Crippen LogP contribution < -0.4 is 0 Å². The summed E-state index contributed by atoms with van der Waals surface area (Å²) in [7, 11) is 0. The van der Waals surface area contributed by atoms with E-state index in [1.807, 2.05) is 27.7 Å². The second-order valence-corrected chi connectivity index (χ2v) is 6.00. The molecule has 0 rings (SSSR count). The van der Waals surface area contributed by atoms with Gasteiger partial charge in [-0.1, -0.05) is 128 Å². The molecule has 0 spiro atoms. The van der Waals surface area contributed by atoms with Crippen LogP contribution >= 0.6 is 0 Å². The first-order chi connectivity index (χ1) is 6.00. The normalized spacial score (nSPS) is 6.60. The lowest BCUT2D eigenvalue weighted by atomic mass is 10.0. The van der Waals surface area contributed by atoms with Crippen molar-refractivity contribution in [3.05, 3.63) is 0 Å². The number of rotatable bonds is 0. The van der Waals surface area contributed by atoms with Gasteiger partial charge >= 0.3 is 0 Å². The molecule has 0 fully saturated rings. The second kappa shape index (κ2) is 42.8. The summed E-state index contributed by atoms with van der Waals surface area (Å²) in [6, 6.07) is 0. The molecule has 0 bridgehead atoms. The van der Waals surface area contributed by atoms with E-state index in [2.05, 4.69) is 55.4 Å². The van der Waals surface area contributed by atoms with Crippen LogP contribution in [0, 0.1) is 10.8 Å². The first-order valence-corrected chi connectivity index (χ1v) is 6.00. The standard InChI is InChI=1S/2C5H12.2C2H6.6CH4/c2*1-5(2,3)4;2*1-2;;;;;;/h2*1-4H3;2*1-2H3;6*1H4. The van der Waals surface area contributed by atoms with Crippen molar-refractivity contribution < 1.29 is 0 Å². The zero-order valence-electron chi connectivity index (χ0n) is 13.0. The Morgan fingerprint density at radius 3 is 0.300 bits per heavy atom. The lowest BCUT2D eigenvalue weighted by Gasteiger charge is -2.05. The van der Waals surface area contributed by atoms with Crippen molar-refractivity contribution in [3.8, 4) is 0 Å². The van der Waals surface area contributed by atoms with Crippen LogP contribution in [0.2, 0.25) is 0 Å². The minimum atomic E-state index is 0. The van der Waals surface area contributed by atoms with E-state index in [0.717, 1.165) is 0 Å². The van der Waals surface area contributed by atoms with Crippen LogP contribution in [0.1, 0.15) is 128 Å². The molecular weight excluding hydrogens is 240 g/mol. The van der Waals surface area contributed by atoms with Gasteiger partial charge < -0.3 is 0 Å². The number of hydrogen-bond acceptors (Lipinski definition) is 0. The van der Waals surface area contributed by atoms with Crippen LogP contribution in [0.4, 0.5) is 0 Å². The van der Waals surface area contributed by atoms with E-state index in [1.165, 1.54) is 0 Å². The van der Waals surface area contributed by atoms with Gasteiger partial charge in [-0.15, -0.1) is 0 Å². The number of hydrogen-bond donors (Lipinski definition) is 0. The molecule has 0 saturated carbocycles. The molecule has 0 nitrogen and oxygen atoms in total. The van der Waals surface area contributed by atoms with Crippen LogP contribution in [0.3, 0.4) is 0 Å². The molecule has 0 aromatic rings. The van der Waals surface area contributed by atoms with E-state index in [1.54, 1.807) is 0 Å². The average Bonchev–Trinajstić information content (AvgIpc) is 1.88. The summed E-state index contributed by atoms with van der Waals surface area (Å²) in [5, 5.41) is 0. The Kier molecular flexibility index (Phi) is 154. The predicted octanol–water partition coefficient (Wildman–Crippen LogP) is 9.97. The predicted molar refractivity (Wildman–Crippen MR) is 113 cm³/mol. The van der Waals surface area contributed by atoms with Crippen molar-refractivity contribution >= 4 is 0 Å². The molecular formula is C20H60. The molecule has 0 aliphatic rings. The highest BCUT2D eigenvalue weighted by molar-refractivity contribution is 4.47. The second-order valence-electron chi connectivity index (χ2n) is 6.00. The molecule has 140 valence electrons. The van der Waals surface area contributed by atoms with Crippen molar-refractivity contribution in [2.24, 2.45) is 10.8 Å². The minimum Gasteiger partial charge on any atom is -0.0776 e. The quantitative estimate of drug-likeness (QED) is 0.417. The first-order valence-electron chi connectivity index (χ1n) is 6.00. The summed E-state index contributed by atoms with van der Waals surface area (Å²) in [6.45, 7) is 25.5. The summed E-state index contributed by atoms with van der Waals surface area (Å²) < 4.78 is 0. The van der Waals surface area contributed by atoms with Crippen LogP contribution in [-0.4, -0.2) is 0 Å². The highest BCUT2D eigenvalue weighted by atomic mass is 14.0. The molecule has 0 aliphatic carbocycles.